The lowest BCUT2D eigenvalue weighted by Gasteiger charge is -2.19. The third-order valence-electron chi connectivity index (χ3n) is 4.28. The zero-order valence-corrected chi connectivity index (χ0v) is 17.2. The van der Waals surface area contributed by atoms with Crippen molar-refractivity contribution in [1.82, 2.24) is 9.38 Å². The minimum atomic E-state index is -0.648. The van der Waals surface area contributed by atoms with Gasteiger partial charge in [0.05, 0.1) is 5.69 Å². The van der Waals surface area contributed by atoms with Gasteiger partial charge in [-0.25, -0.2) is 9.78 Å². The number of halogens is 1. The summed E-state index contributed by atoms with van der Waals surface area (Å²) in [5.74, 6) is -1.06. The fourth-order valence-corrected chi connectivity index (χ4v) is 2.96. The second kappa shape index (κ2) is 8.49. The lowest BCUT2D eigenvalue weighted by atomic mass is 9.87. The molecule has 2 aromatic heterocycles. The Kier molecular flexibility index (Phi) is 6.03. The molecule has 0 atom stereocenters. The predicted octanol–water partition coefficient (Wildman–Crippen LogP) is 4.48. The molecule has 3 aromatic rings. The molecule has 0 unspecified atom stereocenters. The van der Waals surface area contributed by atoms with Gasteiger partial charge in [-0.05, 0) is 41.3 Å². The molecule has 0 spiro atoms. The third-order valence-corrected chi connectivity index (χ3v) is 4.56. The zero-order valence-electron chi connectivity index (χ0n) is 16.5. The summed E-state index contributed by atoms with van der Waals surface area (Å²) in [5.41, 5.74) is 3.07. The molecule has 0 fully saturated rings. The highest BCUT2D eigenvalue weighted by atomic mass is 35.5. The maximum atomic E-state index is 12.0. The lowest BCUT2D eigenvalue weighted by Crippen LogP contribution is -2.20. The van der Waals surface area contributed by atoms with Crippen LogP contribution in [-0.4, -0.2) is 27.9 Å². The molecule has 1 aromatic carbocycles. The number of carbonyl (C=O) groups is 2. The summed E-state index contributed by atoms with van der Waals surface area (Å²) in [6.45, 7) is 5.97. The van der Waals surface area contributed by atoms with Gasteiger partial charge in [-0.1, -0.05) is 50.6 Å². The number of benzene rings is 1. The van der Waals surface area contributed by atoms with Gasteiger partial charge in [0.15, 0.2) is 11.8 Å². The van der Waals surface area contributed by atoms with Crippen LogP contribution in [0.1, 0.15) is 32.0 Å². The maximum absolute atomic E-state index is 12.0. The molecule has 0 aliphatic heterocycles. The van der Waals surface area contributed by atoms with E-state index in [1.165, 1.54) is 12.2 Å². The number of nitrogens with zero attached hydrogens (tertiary/aromatic N) is 2. The number of anilines is 1. The Hall–Kier alpha value is -3.12. The summed E-state index contributed by atoms with van der Waals surface area (Å²) < 4.78 is 6.74. The summed E-state index contributed by atoms with van der Waals surface area (Å²) in [5, 5.41) is 2.98. The van der Waals surface area contributed by atoms with Gasteiger partial charge in [0.25, 0.3) is 5.91 Å². The summed E-state index contributed by atoms with van der Waals surface area (Å²) in [7, 11) is 0. The van der Waals surface area contributed by atoms with Gasteiger partial charge in [-0.2, -0.15) is 0 Å². The first-order chi connectivity index (χ1) is 13.7. The van der Waals surface area contributed by atoms with Crippen LogP contribution in [0.2, 0.25) is 5.15 Å². The first-order valence-corrected chi connectivity index (χ1v) is 9.49. The van der Waals surface area contributed by atoms with Crippen LogP contribution in [0.3, 0.4) is 0 Å². The van der Waals surface area contributed by atoms with Gasteiger partial charge in [-0.3, -0.25) is 9.20 Å². The molecule has 0 saturated heterocycles. The van der Waals surface area contributed by atoms with E-state index in [0.29, 0.717) is 17.0 Å². The molecule has 0 bridgehead atoms. The number of pyridine rings is 1. The number of aromatic nitrogens is 2. The number of nitrogens with one attached hydrogen (secondary N) is 1. The lowest BCUT2D eigenvalue weighted by molar-refractivity contribution is -0.142. The van der Waals surface area contributed by atoms with Gasteiger partial charge in [0.1, 0.15) is 5.65 Å². The van der Waals surface area contributed by atoms with Crippen LogP contribution in [-0.2, 0) is 19.7 Å². The number of fused-ring (bicyclic) bond motifs is 1. The Morgan fingerprint density at radius 2 is 1.90 bits per heavy atom. The molecule has 0 aliphatic carbocycles. The molecule has 0 radical (unpaired) electrons. The van der Waals surface area contributed by atoms with E-state index < -0.39 is 11.9 Å². The SMILES string of the molecule is CC(C)(C)c1ccc(NC(=O)COC(=O)/C=C/c2c(Cl)nc3ccccn23)cc1. The van der Waals surface area contributed by atoms with Gasteiger partial charge in [0.2, 0.25) is 0 Å². The highest BCUT2D eigenvalue weighted by molar-refractivity contribution is 6.31. The van der Waals surface area contributed by atoms with Crippen molar-refractivity contribution in [2.24, 2.45) is 0 Å². The number of hydrogen-bond acceptors (Lipinski definition) is 4. The van der Waals surface area contributed by atoms with Crippen LogP contribution in [0.4, 0.5) is 5.69 Å². The summed E-state index contributed by atoms with van der Waals surface area (Å²) in [4.78, 5) is 28.1. The molecule has 0 saturated carbocycles. The van der Waals surface area contributed by atoms with Gasteiger partial charge in [0, 0.05) is 18.0 Å². The normalized spacial score (nSPS) is 11.7. The number of ether oxygens (including phenoxy) is 1. The standard InChI is InChI=1S/C22H22ClN3O3/c1-22(2,3)15-7-9-16(10-8-15)24-19(27)14-29-20(28)12-11-17-21(23)25-18-6-4-5-13-26(17)18/h4-13H,14H2,1-3H3,(H,24,27)/b12-11+. The highest BCUT2D eigenvalue weighted by Gasteiger charge is 2.13. The minimum absolute atomic E-state index is 0.0359. The second-order valence-electron chi connectivity index (χ2n) is 7.53. The molecule has 3 rings (SSSR count). The van der Waals surface area contributed by atoms with Gasteiger partial charge >= 0.3 is 5.97 Å². The van der Waals surface area contributed by atoms with E-state index in [-0.39, 0.29) is 17.2 Å². The van der Waals surface area contributed by atoms with E-state index in [4.69, 9.17) is 16.3 Å². The van der Waals surface area contributed by atoms with Crippen LogP contribution < -0.4 is 5.32 Å². The van der Waals surface area contributed by atoms with E-state index >= 15 is 0 Å². The fourth-order valence-electron chi connectivity index (χ4n) is 2.72. The molecule has 0 aliphatic rings. The van der Waals surface area contributed by atoms with E-state index in [9.17, 15) is 9.59 Å². The monoisotopic (exact) mass is 411 g/mol. The van der Waals surface area contributed by atoms with Crippen LogP contribution in [0.15, 0.2) is 54.7 Å². The Balaban J connectivity index is 1.54. The van der Waals surface area contributed by atoms with Crippen molar-refractivity contribution in [2.45, 2.75) is 26.2 Å². The average Bonchev–Trinajstić information content (AvgIpc) is 2.99. The van der Waals surface area contributed by atoms with Gasteiger partial charge < -0.3 is 10.1 Å². The van der Waals surface area contributed by atoms with Crippen LogP contribution in [0.25, 0.3) is 11.7 Å². The number of rotatable bonds is 5. The minimum Gasteiger partial charge on any atom is -0.452 e. The molecule has 2 heterocycles. The Labute approximate surface area is 174 Å². The number of imidazole rings is 1. The first-order valence-electron chi connectivity index (χ1n) is 9.12. The van der Waals surface area contributed by atoms with Crippen molar-refractivity contribution in [3.63, 3.8) is 0 Å². The predicted molar refractivity (Wildman–Crippen MR) is 114 cm³/mol. The van der Waals surface area contributed by atoms with Crippen molar-refractivity contribution >= 4 is 40.9 Å². The molecular formula is C22H22ClN3O3. The molecular weight excluding hydrogens is 390 g/mol. The topological polar surface area (TPSA) is 72.7 Å². The van der Waals surface area contributed by atoms with Crippen molar-refractivity contribution in [1.29, 1.82) is 0 Å². The highest BCUT2D eigenvalue weighted by Crippen LogP contribution is 2.23. The van der Waals surface area contributed by atoms with Crippen molar-refractivity contribution in [2.75, 3.05) is 11.9 Å². The second-order valence-corrected chi connectivity index (χ2v) is 7.89. The van der Waals surface area contributed by atoms with Crippen molar-refractivity contribution in [3.8, 4) is 0 Å². The molecule has 6 nitrogen and oxygen atoms in total. The van der Waals surface area contributed by atoms with Crippen molar-refractivity contribution < 1.29 is 14.3 Å². The summed E-state index contributed by atoms with van der Waals surface area (Å²) in [6, 6.07) is 13.1. The smallest absolute Gasteiger partial charge is 0.331 e. The largest absolute Gasteiger partial charge is 0.452 e. The van der Waals surface area contributed by atoms with E-state index in [1.807, 2.05) is 36.4 Å². The van der Waals surface area contributed by atoms with E-state index in [0.717, 1.165) is 5.56 Å². The first kappa shape index (κ1) is 20.6. The van der Waals surface area contributed by atoms with Crippen LogP contribution >= 0.6 is 11.6 Å². The summed E-state index contributed by atoms with van der Waals surface area (Å²) in [6.07, 6.45) is 4.51. The Morgan fingerprint density at radius 1 is 1.17 bits per heavy atom. The zero-order chi connectivity index (χ0) is 21.0. The molecule has 29 heavy (non-hydrogen) atoms. The summed E-state index contributed by atoms with van der Waals surface area (Å²) >= 11 is 6.11. The average molecular weight is 412 g/mol. The fraction of sp³-hybridized carbons (Fsp3) is 0.227. The Morgan fingerprint density at radius 3 is 2.59 bits per heavy atom. The quantitative estimate of drug-likeness (QED) is 0.496. The molecule has 150 valence electrons. The van der Waals surface area contributed by atoms with E-state index in [1.54, 1.807) is 16.7 Å². The maximum Gasteiger partial charge on any atom is 0.331 e. The third kappa shape index (κ3) is 5.23. The van der Waals surface area contributed by atoms with Crippen molar-refractivity contribution in [3.05, 3.63) is 71.1 Å². The molecule has 1 N–H and O–H groups in total. The molecule has 7 heteroatoms. The van der Waals surface area contributed by atoms with Crippen LogP contribution in [0, 0.1) is 0 Å². The molecule has 1 amide bonds. The number of carbonyl (C=O) groups excluding carboxylic acids is 2. The number of amides is 1. The van der Waals surface area contributed by atoms with Crippen LogP contribution in [0.5, 0.6) is 0 Å². The number of hydrogen-bond donors (Lipinski definition) is 1. The number of esters is 1. The van der Waals surface area contributed by atoms with Gasteiger partial charge in [-0.15, -0.1) is 0 Å². The Bertz CT molecular complexity index is 1060. The van der Waals surface area contributed by atoms with E-state index in [2.05, 4.69) is 31.1 Å².